The Kier molecular flexibility index (Phi) is 7.57. The molecule has 0 bridgehead atoms. The molecule has 0 amide bonds. The molecule has 0 aromatic carbocycles. The van der Waals surface area contributed by atoms with E-state index in [0.29, 0.717) is 13.2 Å². The minimum absolute atomic E-state index is 0.136. The maximum atomic E-state index is 6.59. The van der Waals surface area contributed by atoms with Gasteiger partial charge in [-0.15, -0.1) is 0 Å². The van der Waals surface area contributed by atoms with Gasteiger partial charge in [-0.1, -0.05) is 19.8 Å². The van der Waals surface area contributed by atoms with Crippen molar-refractivity contribution in [1.82, 2.24) is 0 Å². The summed E-state index contributed by atoms with van der Waals surface area (Å²) in [6.07, 6.45) is 8.68. The predicted molar refractivity (Wildman–Crippen MR) is 106 cm³/mol. The van der Waals surface area contributed by atoms with Crippen LogP contribution in [0.25, 0.3) is 0 Å². The van der Waals surface area contributed by atoms with Gasteiger partial charge in [-0.2, -0.15) is 0 Å². The van der Waals surface area contributed by atoms with Crippen LogP contribution in [0.1, 0.15) is 92.9 Å². The van der Waals surface area contributed by atoms with Gasteiger partial charge in [0.25, 0.3) is 0 Å². The molecule has 4 nitrogen and oxygen atoms in total. The minimum atomic E-state index is -0.334. The van der Waals surface area contributed by atoms with E-state index in [9.17, 15) is 0 Å². The summed E-state index contributed by atoms with van der Waals surface area (Å²) in [5.74, 6) is 0. The van der Waals surface area contributed by atoms with Crippen LogP contribution >= 0.6 is 0 Å². The fraction of sp³-hybridized carbons (Fsp3) is 1.00. The molecule has 2 atom stereocenters. The number of fused-ring (bicyclic) bond motifs is 1. The Morgan fingerprint density at radius 1 is 0.654 bits per heavy atom. The standard InChI is InChI=1S/C22H42O4/c1-7-8-13-22-14-9-12-21(22,6)25-17-10-15-23-19(2,3)20(4,5)24-16-11-18-26-22/h7-18H2,1-6H3. The third-order valence-electron chi connectivity index (χ3n) is 6.88. The first-order valence-corrected chi connectivity index (χ1v) is 10.7. The summed E-state index contributed by atoms with van der Waals surface area (Å²) in [7, 11) is 0. The topological polar surface area (TPSA) is 36.9 Å². The van der Waals surface area contributed by atoms with Crippen molar-refractivity contribution in [1.29, 1.82) is 0 Å². The highest BCUT2D eigenvalue weighted by Gasteiger charge is 2.53. The highest BCUT2D eigenvalue weighted by atomic mass is 16.6. The van der Waals surface area contributed by atoms with Gasteiger partial charge in [0.05, 0.1) is 22.4 Å². The van der Waals surface area contributed by atoms with E-state index < -0.39 is 0 Å². The highest BCUT2D eigenvalue weighted by Crippen LogP contribution is 2.48. The summed E-state index contributed by atoms with van der Waals surface area (Å²) in [5, 5.41) is 0. The second kappa shape index (κ2) is 8.89. The van der Waals surface area contributed by atoms with E-state index in [2.05, 4.69) is 41.5 Å². The molecule has 26 heavy (non-hydrogen) atoms. The molecule has 0 spiro atoms. The van der Waals surface area contributed by atoms with Gasteiger partial charge in [0.2, 0.25) is 0 Å². The van der Waals surface area contributed by atoms with Crippen LogP contribution in [0.4, 0.5) is 0 Å². The second-order valence-electron chi connectivity index (χ2n) is 9.30. The molecule has 1 saturated carbocycles. The van der Waals surface area contributed by atoms with Crippen LogP contribution in [-0.4, -0.2) is 48.8 Å². The zero-order valence-corrected chi connectivity index (χ0v) is 18.1. The van der Waals surface area contributed by atoms with Crippen molar-refractivity contribution >= 4 is 0 Å². The fourth-order valence-electron chi connectivity index (χ4n) is 4.24. The SMILES string of the molecule is CCCCC12CCCC1(C)OCCCOC(C)(C)C(C)(C)OCCCO2. The Bertz CT molecular complexity index is 434. The summed E-state index contributed by atoms with van der Waals surface area (Å²) in [6.45, 7) is 15.8. The van der Waals surface area contributed by atoms with Crippen molar-refractivity contribution in [2.45, 2.75) is 115 Å². The molecular weight excluding hydrogens is 328 g/mol. The highest BCUT2D eigenvalue weighted by molar-refractivity contribution is 5.05. The van der Waals surface area contributed by atoms with Gasteiger partial charge in [-0.25, -0.2) is 0 Å². The van der Waals surface area contributed by atoms with E-state index in [-0.39, 0.29) is 22.4 Å². The monoisotopic (exact) mass is 370 g/mol. The maximum absolute atomic E-state index is 6.59. The average molecular weight is 371 g/mol. The normalized spacial score (nSPS) is 36.2. The summed E-state index contributed by atoms with van der Waals surface area (Å²) >= 11 is 0. The van der Waals surface area contributed by atoms with Crippen LogP contribution in [0.15, 0.2) is 0 Å². The van der Waals surface area contributed by atoms with Crippen molar-refractivity contribution in [2.75, 3.05) is 26.4 Å². The molecular formula is C22H42O4. The first-order chi connectivity index (χ1) is 12.2. The quantitative estimate of drug-likeness (QED) is 0.678. The van der Waals surface area contributed by atoms with Gasteiger partial charge in [-0.3, -0.25) is 0 Å². The van der Waals surface area contributed by atoms with E-state index in [1.807, 2.05) is 0 Å². The summed E-state index contributed by atoms with van der Waals surface area (Å²) in [6, 6.07) is 0. The molecule has 2 aliphatic rings. The molecule has 0 aromatic heterocycles. The molecule has 0 aromatic rings. The summed E-state index contributed by atoms with van der Waals surface area (Å²) in [5.41, 5.74) is -0.982. The molecule has 2 rings (SSSR count). The van der Waals surface area contributed by atoms with Crippen LogP contribution < -0.4 is 0 Å². The third-order valence-corrected chi connectivity index (χ3v) is 6.88. The maximum Gasteiger partial charge on any atom is 0.0968 e. The lowest BCUT2D eigenvalue weighted by atomic mass is 9.82. The van der Waals surface area contributed by atoms with Crippen molar-refractivity contribution < 1.29 is 18.9 Å². The minimum Gasteiger partial charge on any atom is -0.373 e. The Morgan fingerprint density at radius 3 is 1.77 bits per heavy atom. The number of unbranched alkanes of at least 4 members (excludes halogenated alkanes) is 1. The zero-order valence-electron chi connectivity index (χ0n) is 18.1. The van der Waals surface area contributed by atoms with E-state index in [0.717, 1.165) is 45.3 Å². The van der Waals surface area contributed by atoms with E-state index in [1.54, 1.807) is 0 Å². The Hall–Kier alpha value is -0.160. The third kappa shape index (κ3) is 4.81. The van der Waals surface area contributed by atoms with E-state index in [1.165, 1.54) is 19.3 Å². The molecule has 1 heterocycles. The Balaban J connectivity index is 2.10. The lowest BCUT2D eigenvalue weighted by molar-refractivity contribution is -0.208. The largest absolute Gasteiger partial charge is 0.373 e. The lowest BCUT2D eigenvalue weighted by Gasteiger charge is -2.45. The van der Waals surface area contributed by atoms with Gasteiger partial charge in [0, 0.05) is 26.4 Å². The van der Waals surface area contributed by atoms with Crippen LogP contribution in [-0.2, 0) is 18.9 Å². The van der Waals surface area contributed by atoms with Crippen molar-refractivity contribution in [3.63, 3.8) is 0 Å². The lowest BCUT2D eigenvalue weighted by Crippen LogP contribution is -2.53. The first kappa shape index (κ1) is 22.1. The van der Waals surface area contributed by atoms with Crippen LogP contribution in [0, 0.1) is 0 Å². The molecule has 2 fully saturated rings. The number of hydrogen-bond acceptors (Lipinski definition) is 4. The molecule has 1 saturated heterocycles. The van der Waals surface area contributed by atoms with Crippen LogP contribution in [0.5, 0.6) is 0 Å². The molecule has 0 N–H and O–H groups in total. The van der Waals surface area contributed by atoms with Gasteiger partial charge >= 0.3 is 0 Å². The molecule has 154 valence electrons. The molecule has 4 heteroatoms. The molecule has 2 unspecified atom stereocenters. The number of ether oxygens (including phenoxy) is 4. The summed E-state index contributed by atoms with van der Waals surface area (Å²) in [4.78, 5) is 0. The molecule has 0 radical (unpaired) electrons. The zero-order chi connectivity index (χ0) is 19.3. The van der Waals surface area contributed by atoms with Crippen LogP contribution in [0.2, 0.25) is 0 Å². The van der Waals surface area contributed by atoms with Crippen LogP contribution in [0.3, 0.4) is 0 Å². The first-order valence-electron chi connectivity index (χ1n) is 10.7. The van der Waals surface area contributed by atoms with E-state index >= 15 is 0 Å². The fourth-order valence-corrected chi connectivity index (χ4v) is 4.24. The van der Waals surface area contributed by atoms with Gasteiger partial charge in [0.1, 0.15) is 0 Å². The average Bonchev–Trinajstić information content (AvgIpc) is 2.88. The van der Waals surface area contributed by atoms with Gasteiger partial charge in [-0.05, 0) is 73.1 Å². The Morgan fingerprint density at radius 2 is 1.19 bits per heavy atom. The van der Waals surface area contributed by atoms with E-state index in [4.69, 9.17) is 18.9 Å². The molecule has 1 aliphatic heterocycles. The molecule has 1 aliphatic carbocycles. The number of rotatable bonds is 3. The smallest absolute Gasteiger partial charge is 0.0968 e. The Labute approximate surface area is 161 Å². The summed E-state index contributed by atoms with van der Waals surface area (Å²) < 4.78 is 25.5. The van der Waals surface area contributed by atoms with Crippen molar-refractivity contribution in [3.05, 3.63) is 0 Å². The van der Waals surface area contributed by atoms with Crippen molar-refractivity contribution in [2.24, 2.45) is 0 Å². The second-order valence-corrected chi connectivity index (χ2v) is 9.30. The van der Waals surface area contributed by atoms with Gasteiger partial charge < -0.3 is 18.9 Å². The predicted octanol–water partition coefficient (Wildman–Crippen LogP) is 5.28. The van der Waals surface area contributed by atoms with Gasteiger partial charge in [0.15, 0.2) is 0 Å². The van der Waals surface area contributed by atoms with Crippen molar-refractivity contribution in [3.8, 4) is 0 Å². The number of hydrogen-bond donors (Lipinski definition) is 0.